The molecule has 4 nitrogen and oxygen atoms in total. The number of ether oxygens (including phenoxy) is 2. The van der Waals surface area contributed by atoms with Gasteiger partial charge in [-0.3, -0.25) is 9.59 Å². The molecule has 114 valence electrons. The first-order valence-electron chi connectivity index (χ1n) is 7.19. The number of unbranched alkanes of at least 4 members (excludes halogenated alkanes) is 1. The van der Waals surface area contributed by atoms with E-state index in [1.165, 1.54) is 0 Å². The van der Waals surface area contributed by atoms with Crippen LogP contribution in [0.2, 0.25) is 0 Å². The van der Waals surface area contributed by atoms with E-state index in [1.54, 1.807) is 36.4 Å². The summed E-state index contributed by atoms with van der Waals surface area (Å²) in [7, 11) is 0. The molecule has 0 atom stereocenters. The van der Waals surface area contributed by atoms with E-state index >= 15 is 0 Å². The predicted octanol–water partition coefficient (Wildman–Crippen LogP) is 3.55. The van der Waals surface area contributed by atoms with E-state index in [2.05, 4.69) is 0 Å². The van der Waals surface area contributed by atoms with Gasteiger partial charge >= 0.3 is 0 Å². The Morgan fingerprint density at radius 2 is 1.09 bits per heavy atom. The Labute approximate surface area is 129 Å². The molecule has 0 aliphatic rings. The van der Waals surface area contributed by atoms with Crippen molar-refractivity contribution in [2.75, 3.05) is 13.2 Å². The van der Waals surface area contributed by atoms with Gasteiger partial charge in [0, 0.05) is 0 Å². The Kier molecular flexibility index (Phi) is 6.18. The highest BCUT2D eigenvalue weighted by Gasteiger charge is 2.02. The van der Waals surface area contributed by atoms with E-state index in [0.29, 0.717) is 35.8 Å². The molecule has 0 unspecified atom stereocenters. The van der Waals surface area contributed by atoms with Crippen LogP contribution in [0.1, 0.15) is 33.6 Å². The van der Waals surface area contributed by atoms with Crippen molar-refractivity contribution in [1.82, 2.24) is 0 Å². The average Bonchev–Trinajstić information content (AvgIpc) is 2.58. The van der Waals surface area contributed by atoms with Crippen molar-refractivity contribution in [1.29, 1.82) is 0 Å². The summed E-state index contributed by atoms with van der Waals surface area (Å²) in [5, 5.41) is 0. The molecule has 0 N–H and O–H groups in total. The van der Waals surface area contributed by atoms with Crippen molar-refractivity contribution < 1.29 is 19.1 Å². The highest BCUT2D eigenvalue weighted by Crippen LogP contribution is 2.17. The molecule has 0 fully saturated rings. The van der Waals surface area contributed by atoms with Crippen LogP contribution in [0.15, 0.2) is 48.5 Å². The molecule has 0 saturated heterocycles. The maximum absolute atomic E-state index is 10.9. The summed E-state index contributed by atoms with van der Waals surface area (Å²) in [4.78, 5) is 21.7. The fourth-order valence-electron chi connectivity index (χ4n) is 1.99. The first-order valence-corrected chi connectivity index (χ1v) is 7.19. The lowest BCUT2D eigenvalue weighted by Crippen LogP contribution is -2.04. The molecule has 0 aliphatic heterocycles. The third-order valence-electron chi connectivity index (χ3n) is 3.15. The molecule has 2 aromatic carbocycles. The third-order valence-corrected chi connectivity index (χ3v) is 3.15. The molecule has 2 aromatic rings. The fraction of sp³-hybridized carbons (Fsp3) is 0.222. The standard InChI is InChI=1S/C18H18O4/c19-13-15-7-1-3-9-17(15)21-11-5-6-12-22-18-10-4-2-8-16(18)14-20/h1-4,7-10,13-14H,5-6,11-12H2. The zero-order valence-corrected chi connectivity index (χ0v) is 12.2. The molecule has 2 rings (SSSR count). The Morgan fingerprint density at radius 3 is 1.50 bits per heavy atom. The fourth-order valence-corrected chi connectivity index (χ4v) is 1.99. The van der Waals surface area contributed by atoms with E-state index in [4.69, 9.17) is 9.47 Å². The molecule has 0 spiro atoms. The van der Waals surface area contributed by atoms with Gasteiger partial charge in [-0.05, 0) is 37.1 Å². The minimum Gasteiger partial charge on any atom is -0.493 e. The minimum absolute atomic E-state index is 0.517. The zero-order chi connectivity index (χ0) is 15.6. The van der Waals surface area contributed by atoms with Crippen LogP contribution in [0.3, 0.4) is 0 Å². The van der Waals surface area contributed by atoms with Gasteiger partial charge in [-0.15, -0.1) is 0 Å². The van der Waals surface area contributed by atoms with Crippen molar-refractivity contribution in [3.05, 3.63) is 59.7 Å². The maximum atomic E-state index is 10.9. The number of carbonyl (C=O) groups is 2. The number of aldehydes is 2. The summed E-state index contributed by atoms with van der Waals surface area (Å²) in [5.74, 6) is 1.20. The van der Waals surface area contributed by atoms with Gasteiger partial charge in [-0.1, -0.05) is 24.3 Å². The topological polar surface area (TPSA) is 52.6 Å². The van der Waals surface area contributed by atoms with Crippen molar-refractivity contribution in [3.8, 4) is 11.5 Å². The van der Waals surface area contributed by atoms with E-state index in [1.807, 2.05) is 12.1 Å². The van der Waals surface area contributed by atoms with Gasteiger partial charge in [0.15, 0.2) is 12.6 Å². The average molecular weight is 298 g/mol. The lowest BCUT2D eigenvalue weighted by Gasteiger charge is -2.09. The van der Waals surface area contributed by atoms with Gasteiger partial charge in [-0.2, -0.15) is 0 Å². The lowest BCUT2D eigenvalue weighted by atomic mass is 10.2. The molecular formula is C18H18O4. The van der Waals surface area contributed by atoms with Gasteiger partial charge in [0.2, 0.25) is 0 Å². The second-order valence-electron chi connectivity index (χ2n) is 4.72. The molecule has 0 heterocycles. The Bertz CT molecular complexity index is 566. The van der Waals surface area contributed by atoms with E-state index in [-0.39, 0.29) is 0 Å². The summed E-state index contributed by atoms with van der Waals surface area (Å²) < 4.78 is 11.2. The summed E-state index contributed by atoms with van der Waals surface area (Å²) in [6.07, 6.45) is 3.18. The maximum Gasteiger partial charge on any atom is 0.153 e. The van der Waals surface area contributed by atoms with Crippen molar-refractivity contribution >= 4 is 12.6 Å². The molecular weight excluding hydrogens is 280 g/mol. The van der Waals surface area contributed by atoms with Gasteiger partial charge in [-0.25, -0.2) is 0 Å². The normalized spacial score (nSPS) is 10.0. The molecule has 0 bridgehead atoms. The highest BCUT2D eigenvalue weighted by atomic mass is 16.5. The van der Waals surface area contributed by atoms with Gasteiger partial charge in [0.05, 0.1) is 24.3 Å². The number of hydrogen-bond acceptors (Lipinski definition) is 4. The van der Waals surface area contributed by atoms with Gasteiger partial charge in [0.1, 0.15) is 11.5 Å². The molecule has 22 heavy (non-hydrogen) atoms. The van der Waals surface area contributed by atoms with Crippen molar-refractivity contribution in [3.63, 3.8) is 0 Å². The molecule has 0 saturated carbocycles. The molecule has 0 radical (unpaired) electrons. The van der Waals surface area contributed by atoms with Crippen LogP contribution in [0, 0.1) is 0 Å². The summed E-state index contributed by atoms with van der Waals surface area (Å²) in [5.41, 5.74) is 1.11. The molecule has 0 aliphatic carbocycles. The summed E-state index contributed by atoms with van der Waals surface area (Å²) in [6, 6.07) is 14.3. The largest absolute Gasteiger partial charge is 0.493 e. The lowest BCUT2D eigenvalue weighted by molar-refractivity contribution is 0.111. The number of rotatable bonds is 9. The Hall–Kier alpha value is -2.62. The van der Waals surface area contributed by atoms with Crippen LogP contribution >= 0.6 is 0 Å². The van der Waals surface area contributed by atoms with Crippen LogP contribution in [0.25, 0.3) is 0 Å². The van der Waals surface area contributed by atoms with E-state index < -0.39 is 0 Å². The van der Waals surface area contributed by atoms with Gasteiger partial charge < -0.3 is 9.47 Å². The summed E-state index contributed by atoms with van der Waals surface area (Å²) >= 11 is 0. The first kappa shape index (κ1) is 15.8. The van der Waals surface area contributed by atoms with Crippen molar-refractivity contribution in [2.24, 2.45) is 0 Å². The van der Waals surface area contributed by atoms with Crippen LogP contribution in [-0.2, 0) is 0 Å². The van der Waals surface area contributed by atoms with Gasteiger partial charge in [0.25, 0.3) is 0 Å². The van der Waals surface area contributed by atoms with Crippen LogP contribution in [0.4, 0.5) is 0 Å². The second kappa shape index (κ2) is 8.62. The quantitative estimate of drug-likeness (QED) is 0.525. The molecule has 0 aromatic heterocycles. The Morgan fingerprint density at radius 1 is 0.682 bits per heavy atom. The predicted molar refractivity (Wildman–Crippen MR) is 83.9 cm³/mol. The van der Waals surface area contributed by atoms with Crippen LogP contribution in [0.5, 0.6) is 11.5 Å². The number of benzene rings is 2. The third kappa shape index (κ3) is 4.45. The van der Waals surface area contributed by atoms with Crippen LogP contribution in [-0.4, -0.2) is 25.8 Å². The first-order chi connectivity index (χ1) is 10.8. The summed E-state index contributed by atoms with van der Waals surface area (Å²) in [6.45, 7) is 1.03. The number of carbonyl (C=O) groups excluding carboxylic acids is 2. The van der Waals surface area contributed by atoms with E-state index in [9.17, 15) is 9.59 Å². The van der Waals surface area contributed by atoms with E-state index in [0.717, 1.165) is 25.4 Å². The smallest absolute Gasteiger partial charge is 0.153 e. The molecule has 0 amide bonds. The highest BCUT2D eigenvalue weighted by molar-refractivity contribution is 5.79. The Balaban J connectivity index is 1.69. The second-order valence-corrected chi connectivity index (χ2v) is 4.72. The zero-order valence-electron chi connectivity index (χ0n) is 12.2. The van der Waals surface area contributed by atoms with Crippen LogP contribution < -0.4 is 9.47 Å². The monoisotopic (exact) mass is 298 g/mol. The molecule has 4 heteroatoms. The minimum atomic E-state index is 0.517. The van der Waals surface area contributed by atoms with Crippen molar-refractivity contribution in [2.45, 2.75) is 12.8 Å². The number of para-hydroxylation sites is 2. The number of hydrogen-bond donors (Lipinski definition) is 0. The SMILES string of the molecule is O=Cc1ccccc1OCCCCOc1ccccc1C=O.